The van der Waals surface area contributed by atoms with Crippen molar-refractivity contribution in [2.75, 3.05) is 18.8 Å². The third-order valence-corrected chi connectivity index (χ3v) is 5.19. The number of halogens is 2. The molecule has 1 unspecified atom stereocenters. The van der Waals surface area contributed by atoms with E-state index in [-0.39, 0.29) is 5.91 Å². The average molecular weight is 426 g/mol. The van der Waals surface area contributed by atoms with Gasteiger partial charge in [-0.05, 0) is 56.7 Å². The Hall–Kier alpha value is 0.250. The summed E-state index contributed by atoms with van der Waals surface area (Å²) in [6.07, 6.45) is 0. The number of nitrogens with zero attached hydrogens (tertiary/aromatic N) is 1. The molecule has 0 aromatic heterocycles. The van der Waals surface area contributed by atoms with Crippen LogP contribution in [0.1, 0.15) is 17.3 Å². The summed E-state index contributed by atoms with van der Waals surface area (Å²) < 4.78 is 1.97. The number of benzene rings is 1. The second kappa shape index (κ2) is 5.93. The highest BCUT2D eigenvalue weighted by Gasteiger charge is 2.23. The number of carbonyl (C=O) groups excluding carboxylic acids is 1. The lowest BCUT2D eigenvalue weighted by Gasteiger charge is -2.30. The molecule has 1 amide bonds. The zero-order valence-corrected chi connectivity index (χ0v) is 14.0. The number of thioether (sulfide) groups is 1. The monoisotopic (exact) mass is 425 g/mol. The lowest BCUT2D eigenvalue weighted by Crippen LogP contribution is -2.41. The van der Waals surface area contributed by atoms with Crippen LogP contribution < -0.4 is 0 Å². The first-order chi connectivity index (χ1) is 8.08. The number of rotatable bonds is 1. The summed E-state index contributed by atoms with van der Waals surface area (Å²) in [6.45, 7) is 3.88. The maximum atomic E-state index is 12.4. The summed E-state index contributed by atoms with van der Waals surface area (Å²) in [4.78, 5) is 14.4. The molecule has 1 heterocycles. The standard InChI is InChI=1S/C12H13BrINOS/c1-8-7-15(4-5-17-8)12(16)10-6-9(14)2-3-11(10)13/h2-3,6,8H,4-5,7H2,1H3. The molecule has 0 aliphatic carbocycles. The maximum Gasteiger partial charge on any atom is 0.255 e. The van der Waals surface area contributed by atoms with E-state index in [0.29, 0.717) is 5.25 Å². The molecule has 17 heavy (non-hydrogen) atoms. The molecular weight excluding hydrogens is 413 g/mol. The summed E-state index contributed by atoms with van der Waals surface area (Å²) in [5.41, 5.74) is 0.774. The molecule has 1 saturated heterocycles. The van der Waals surface area contributed by atoms with Crippen LogP contribution >= 0.6 is 50.3 Å². The Balaban J connectivity index is 2.21. The first kappa shape index (κ1) is 13.7. The molecule has 92 valence electrons. The molecule has 2 rings (SSSR count). The minimum atomic E-state index is 0.141. The molecule has 1 aliphatic rings. The van der Waals surface area contributed by atoms with E-state index in [1.807, 2.05) is 34.9 Å². The van der Waals surface area contributed by atoms with Crippen LogP contribution in [0.3, 0.4) is 0 Å². The highest BCUT2D eigenvalue weighted by Crippen LogP contribution is 2.24. The third kappa shape index (κ3) is 3.38. The van der Waals surface area contributed by atoms with Crippen LogP contribution in [0, 0.1) is 3.57 Å². The lowest BCUT2D eigenvalue weighted by atomic mass is 10.2. The zero-order valence-electron chi connectivity index (χ0n) is 9.45. The van der Waals surface area contributed by atoms with Gasteiger partial charge in [-0.3, -0.25) is 4.79 Å². The van der Waals surface area contributed by atoms with Crippen LogP contribution in [0.15, 0.2) is 22.7 Å². The number of carbonyl (C=O) groups is 1. The van der Waals surface area contributed by atoms with Gasteiger partial charge < -0.3 is 4.90 Å². The van der Waals surface area contributed by atoms with Gasteiger partial charge in [0.25, 0.3) is 5.91 Å². The van der Waals surface area contributed by atoms with Crippen molar-refractivity contribution in [2.24, 2.45) is 0 Å². The molecular formula is C12H13BrINOS. The molecule has 2 nitrogen and oxygen atoms in total. The summed E-state index contributed by atoms with van der Waals surface area (Å²) in [5, 5.41) is 0.536. The Kier molecular flexibility index (Phi) is 4.77. The largest absolute Gasteiger partial charge is 0.337 e. The van der Waals surface area contributed by atoms with Gasteiger partial charge in [-0.15, -0.1) is 0 Å². The second-order valence-corrected chi connectivity index (χ2v) is 7.70. The average Bonchev–Trinajstić information content (AvgIpc) is 2.31. The summed E-state index contributed by atoms with van der Waals surface area (Å²) in [7, 11) is 0. The van der Waals surface area contributed by atoms with Gasteiger partial charge in [0, 0.05) is 32.1 Å². The van der Waals surface area contributed by atoms with E-state index in [4.69, 9.17) is 0 Å². The fraction of sp³-hybridized carbons (Fsp3) is 0.417. The van der Waals surface area contributed by atoms with E-state index in [2.05, 4.69) is 45.4 Å². The topological polar surface area (TPSA) is 20.3 Å². The predicted molar refractivity (Wildman–Crippen MR) is 84.7 cm³/mol. The van der Waals surface area contributed by atoms with E-state index in [0.717, 1.165) is 32.4 Å². The van der Waals surface area contributed by atoms with Crippen molar-refractivity contribution in [3.8, 4) is 0 Å². The van der Waals surface area contributed by atoms with E-state index < -0.39 is 0 Å². The Morgan fingerprint density at radius 2 is 2.35 bits per heavy atom. The van der Waals surface area contributed by atoms with Gasteiger partial charge in [-0.25, -0.2) is 0 Å². The highest BCUT2D eigenvalue weighted by atomic mass is 127. The Labute approximate surface area is 128 Å². The molecule has 0 bridgehead atoms. The molecule has 1 atom stereocenters. The first-order valence-electron chi connectivity index (χ1n) is 5.44. The van der Waals surface area contributed by atoms with E-state index >= 15 is 0 Å². The van der Waals surface area contributed by atoms with Gasteiger partial charge in [0.1, 0.15) is 0 Å². The van der Waals surface area contributed by atoms with Crippen molar-refractivity contribution in [2.45, 2.75) is 12.2 Å². The lowest BCUT2D eigenvalue weighted by molar-refractivity contribution is 0.0762. The quantitative estimate of drug-likeness (QED) is 0.640. The van der Waals surface area contributed by atoms with Crippen LogP contribution in [0.25, 0.3) is 0 Å². The van der Waals surface area contributed by atoms with Gasteiger partial charge in [0.15, 0.2) is 0 Å². The maximum absolute atomic E-state index is 12.4. The molecule has 1 aliphatic heterocycles. The van der Waals surface area contributed by atoms with Gasteiger partial charge in [0.05, 0.1) is 5.56 Å². The van der Waals surface area contributed by atoms with Gasteiger partial charge >= 0.3 is 0 Å². The fourth-order valence-corrected chi connectivity index (χ4v) is 3.76. The molecule has 0 spiro atoms. The third-order valence-electron chi connectivity index (χ3n) is 2.69. The minimum Gasteiger partial charge on any atom is -0.337 e. The van der Waals surface area contributed by atoms with Gasteiger partial charge in [0.2, 0.25) is 0 Å². The Morgan fingerprint density at radius 3 is 3.06 bits per heavy atom. The van der Waals surface area contributed by atoms with Crippen LogP contribution in [-0.4, -0.2) is 34.9 Å². The SMILES string of the molecule is CC1CN(C(=O)c2cc(I)ccc2Br)CCS1. The molecule has 0 radical (unpaired) electrons. The number of hydrogen-bond donors (Lipinski definition) is 0. The van der Waals surface area contributed by atoms with Crippen molar-refractivity contribution in [1.29, 1.82) is 0 Å². The van der Waals surface area contributed by atoms with Crippen LogP contribution in [0.4, 0.5) is 0 Å². The zero-order chi connectivity index (χ0) is 12.4. The van der Waals surface area contributed by atoms with Gasteiger partial charge in [-0.1, -0.05) is 6.92 Å². The summed E-state index contributed by atoms with van der Waals surface area (Å²) >= 11 is 7.63. The van der Waals surface area contributed by atoms with Crippen molar-refractivity contribution in [3.05, 3.63) is 31.8 Å². The minimum absolute atomic E-state index is 0.141. The van der Waals surface area contributed by atoms with E-state index in [9.17, 15) is 4.79 Å². The van der Waals surface area contributed by atoms with Crippen LogP contribution in [-0.2, 0) is 0 Å². The predicted octanol–water partition coefficient (Wildman–Crippen LogP) is 3.63. The van der Waals surface area contributed by atoms with Crippen molar-refractivity contribution in [1.82, 2.24) is 4.90 Å². The Bertz CT molecular complexity index is 441. The molecule has 1 aromatic carbocycles. The molecule has 0 saturated carbocycles. The van der Waals surface area contributed by atoms with E-state index in [1.165, 1.54) is 0 Å². The molecule has 0 N–H and O–H groups in total. The van der Waals surface area contributed by atoms with Gasteiger partial charge in [-0.2, -0.15) is 11.8 Å². The first-order valence-corrected chi connectivity index (χ1v) is 8.36. The molecule has 5 heteroatoms. The van der Waals surface area contributed by atoms with Crippen molar-refractivity contribution in [3.63, 3.8) is 0 Å². The van der Waals surface area contributed by atoms with Crippen LogP contribution in [0.5, 0.6) is 0 Å². The van der Waals surface area contributed by atoms with Crippen molar-refractivity contribution < 1.29 is 4.79 Å². The van der Waals surface area contributed by atoms with E-state index in [1.54, 1.807) is 0 Å². The Morgan fingerprint density at radius 1 is 1.59 bits per heavy atom. The van der Waals surface area contributed by atoms with Crippen LogP contribution in [0.2, 0.25) is 0 Å². The number of amides is 1. The molecule has 1 aromatic rings. The summed E-state index contributed by atoms with van der Waals surface area (Å²) in [5.74, 6) is 1.18. The highest BCUT2D eigenvalue weighted by molar-refractivity contribution is 14.1. The molecule has 1 fully saturated rings. The second-order valence-electron chi connectivity index (χ2n) is 4.06. The normalized spacial score (nSPS) is 20.4. The fourth-order valence-electron chi connectivity index (χ4n) is 1.83. The smallest absolute Gasteiger partial charge is 0.255 e. The summed E-state index contributed by atoms with van der Waals surface area (Å²) in [6, 6.07) is 5.88. The van der Waals surface area contributed by atoms with Crippen molar-refractivity contribution >= 4 is 56.2 Å². The number of hydrogen-bond acceptors (Lipinski definition) is 2.